The van der Waals surface area contributed by atoms with Crippen molar-refractivity contribution in [3.05, 3.63) is 11.6 Å². The van der Waals surface area contributed by atoms with Gasteiger partial charge >= 0.3 is 6.09 Å². The van der Waals surface area contributed by atoms with Gasteiger partial charge in [0.05, 0.1) is 5.71 Å². The number of allylic oxidation sites excluding steroid dienone is 1. The van der Waals surface area contributed by atoms with Gasteiger partial charge < -0.3 is 16.0 Å². The van der Waals surface area contributed by atoms with E-state index in [1.165, 1.54) is 31.3 Å². The van der Waals surface area contributed by atoms with Gasteiger partial charge in [-0.25, -0.2) is 4.79 Å². The summed E-state index contributed by atoms with van der Waals surface area (Å²) in [5.74, 6) is 2.77. The Morgan fingerprint density at radius 3 is 2.75 bits per heavy atom. The molecule has 5 rings (SSSR count). The number of amides is 1. The lowest BCUT2D eigenvalue weighted by Crippen LogP contribution is -2.51. The van der Waals surface area contributed by atoms with Crippen molar-refractivity contribution in [2.24, 2.45) is 45.4 Å². The summed E-state index contributed by atoms with van der Waals surface area (Å²) in [7, 11) is 0. The van der Waals surface area contributed by atoms with Crippen LogP contribution in [-0.2, 0) is 9.63 Å². The molecular formula is C29H46N4O3. The Morgan fingerprint density at radius 1 is 1.17 bits per heavy atom. The molecule has 7 atom stereocenters. The van der Waals surface area contributed by atoms with Crippen molar-refractivity contribution < 1.29 is 14.4 Å². The van der Waals surface area contributed by atoms with E-state index in [1.807, 2.05) is 6.08 Å². The van der Waals surface area contributed by atoms with E-state index < -0.39 is 0 Å². The molecule has 4 aliphatic carbocycles. The fourth-order valence-corrected chi connectivity index (χ4v) is 9.07. The summed E-state index contributed by atoms with van der Waals surface area (Å²) in [6.07, 6.45) is 12.6. The molecule has 3 N–H and O–H groups in total. The molecule has 0 radical (unpaired) electrons. The average Bonchev–Trinajstić information content (AvgIpc) is 3.49. The molecule has 7 heteroatoms. The molecule has 0 aromatic rings. The fourth-order valence-electron chi connectivity index (χ4n) is 9.07. The molecule has 1 heterocycles. The van der Waals surface area contributed by atoms with Crippen molar-refractivity contribution in [3.8, 4) is 0 Å². The van der Waals surface area contributed by atoms with E-state index in [1.54, 1.807) is 4.90 Å². The fraction of sp³-hybridized carbons (Fsp3) is 0.828. The van der Waals surface area contributed by atoms with Gasteiger partial charge in [0.15, 0.2) is 5.78 Å². The maximum Gasteiger partial charge on any atom is 0.436 e. The molecule has 0 bridgehead atoms. The van der Waals surface area contributed by atoms with Crippen molar-refractivity contribution in [2.75, 3.05) is 26.2 Å². The van der Waals surface area contributed by atoms with Gasteiger partial charge in [0.1, 0.15) is 0 Å². The number of hydrogen-bond acceptors (Lipinski definition) is 6. The number of oxime groups is 1. The number of hydrogen-bond donors (Lipinski definition) is 2. The number of fused-ring (bicyclic) bond motifs is 5. The van der Waals surface area contributed by atoms with E-state index in [9.17, 15) is 9.59 Å². The van der Waals surface area contributed by atoms with Gasteiger partial charge in [-0.2, -0.15) is 0 Å². The normalized spacial score (nSPS) is 40.2. The van der Waals surface area contributed by atoms with Crippen molar-refractivity contribution in [2.45, 2.75) is 91.0 Å². The van der Waals surface area contributed by atoms with Gasteiger partial charge in [-0.1, -0.05) is 24.6 Å². The Labute approximate surface area is 216 Å². The first-order chi connectivity index (χ1) is 17.3. The Hall–Kier alpha value is -1.73. The lowest BCUT2D eigenvalue weighted by atomic mass is 9.46. The van der Waals surface area contributed by atoms with Gasteiger partial charge in [0, 0.05) is 38.0 Å². The van der Waals surface area contributed by atoms with Gasteiger partial charge in [0.25, 0.3) is 0 Å². The van der Waals surface area contributed by atoms with Crippen LogP contribution < -0.4 is 11.1 Å². The van der Waals surface area contributed by atoms with E-state index >= 15 is 0 Å². The van der Waals surface area contributed by atoms with E-state index in [0.717, 1.165) is 50.3 Å². The van der Waals surface area contributed by atoms with Crippen molar-refractivity contribution >= 4 is 17.6 Å². The second kappa shape index (κ2) is 10.2. The Morgan fingerprint density at radius 2 is 2.00 bits per heavy atom. The highest BCUT2D eigenvalue weighted by molar-refractivity contribution is 5.91. The maximum atomic E-state index is 12.9. The number of nitrogens with two attached hydrogens (primary N) is 1. The summed E-state index contributed by atoms with van der Waals surface area (Å²) in [5, 5.41) is 7.87. The van der Waals surface area contributed by atoms with Crippen LogP contribution in [0.25, 0.3) is 0 Å². The van der Waals surface area contributed by atoms with Crippen LogP contribution >= 0.6 is 0 Å². The van der Waals surface area contributed by atoms with Crippen molar-refractivity contribution in [3.63, 3.8) is 0 Å². The number of ketones is 1. The summed E-state index contributed by atoms with van der Waals surface area (Å²) in [5.41, 5.74) is 8.57. The summed E-state index contributed by atoms with van der Waals surface area (Å²) < 4.78 is 0. The third kappa shape index (κ3) is 4.55. The van der Waals surface area contributed by atoms with Gasteiger partial charge in [-0.05, 0) is 106 Å². The van der Waals surface area contributed by atoms with Crippen LogP contribution in [0.2, 0.25) is 0 Å². The molecule has 1 amide bonds. The smallest absolute Gasteiger partial charge is 0.329 e. The molecule has 7 nitrogen and oxygen atoms in total. The summed E-state index contributed by atoms with van der Waals surface area (Å²) in [6, 6.07) is 0.314. The molecule has 36 heavy (non-hydrogen) atoms. The molecule has 4 fully saturated rings. The van der Waals surface area contributed by atoms with Crippen molar-refractivity contribution in [1.82, 2.24) is 10.2 Å². The Balaban J connectivity index is 1.26. The lowest BCUT2D eigenvalue weighted by molar-refractivity contribution is -0.117. The largest absolute Gasteiger partial charge is 0.436 e. The summed E-state index contributed by atoms with van der Waals surface area (Å²) in [6.45, 7) is 9.50. The van der Waals surface area contributed by atoms with Crippen LogP contribution in [0.1, 0.15) is 85.0 Å². The molecule has 200 valence electrons. The van der Waals surface area contributed by atoms with E-state index in [4.69, 9.17) is 10.6 Å². The highest BCUT2D eigenvalue weighted by Crippen LogP contribution is 2.66. The quantitative estimate of drug-likeness (QED) is 0.315. The first-order valence-corrected chi connectivity index (χ1v) is 14.4. The third-order valence-electron chi connectivity index (χ3n) is 11.0. The van der Waals surface area contributed by atoms with Gasteiger partial charge in [-0.15, -0.1) is 0 Å². The second-order valence-electron chi connectivity index (χ2n) is 12.8. The van der Waals surface area contributed by atoms with Crippen LogP contribution in [0, 0.1) is 34.5 Å². The van der Waals surface area contributed by atoms with Gasteiger partial charge in [-0.3, -0.25) is 9.63 Å². The highest BCUT2D eigenvalue weighted by atomic mass is 16.7. The molecule has 0 aromatic heterocycles. The number of rotatable bonds is 6. The standard InChI is InChI=1S/C29H46N4O3/c1-19(32-36-27(35)33(16-14-30)18-21-5-4-15-31-21)24-8-9-25-23-7-6-20-17-22(34)10-12-28(20,2)26(23)11-13-29(24,25)3/h17,21,23-26,31H,4-16,18,30H2,1-3H3/b32-19+/t21?,23-,24+,25-,26-,28-,29+/m0/s1. The Bertz CT molecular complexity index is 925. The Kier molecular flexibility index (Phi) is 7.34. The highest BCUT2D eigenvalue weighted by Gasteiger charge is 2.59. The zero-order chi connectivity index (χ0) is 25.5. The van der Waals surface area contributed by atoms with Gasteiger partial charge in [0.2, 0.25) is 0 Å². The van der Waals surface area contributed by atoms with E-state index in [0.29, 0.717) is 55.6 Å². The summed E-state index contributed by atoms with van der Waals surface area (Å²) in [4.78, 5) is 32.2. The molecule has 0 aromatic carbocycles. The molecule has 1 aliphatic heterocycles. The van der Waals surface area contributed by atoms with E-state index in [-0.39, 0.29) is 16.9 Å². The van der Waals surface area contributed by atoms with Crippen LogP contribution in [0.5, 0.6) is 0 Å². The topological polar surface area (TPSA) is 97.0 Å². The summed E-state index contributed by atoms with van der Waals surface area (Å²) >= 11 is 0. The molecule has 0 spiro atoms. The minimum absolute atomic E-state index is 0.202. The maximum absolute atomic E-state index is 12.9. The predicted molar refractivity (Wildman–Crippen MR) is 141 cm³/mol. The average molecular weight is 499 g/mol. The zero-order valence-corrected chi connectivity index (χ0v) is 22.6. The molecule has 1 saturated heterocycles. The molecule has 3 saturated carbocycles. The number of carbonyl (C=O) groups is 2. The lowest BCUT2D eigenvalue weighted by Gasteiger charge is -2.58. The molecular weight excluding hydrogens is 452 g/mol. The first-order valence-electron chi connectivity index (χ1n) is 14.4. The molecule has 5 aliphatic rings. The van der Waals surface area contributed by atoms with Crippen molar-refractivity contribution in [1.29, 1.82) is 0 Å². The second-order valence-corrected chi connectivity index (χ2v) is 12.8. The van der Waals surface area contributed by atoms with Crippen LogP contribution in [0.3, 0.4) is 0 Å². The first kappa shape index (κ1) is 25.9. The minimum atomic E-state index is -0.386. The predicted octanol–water partition coefficient (Wildman–Crippen LogP) is 4.66. The van der Waals surface area contributed by atoms with Crippen LogP contribution in [-0.4, -0.2) is 54.7 Å². The van der Waals surface area contributed by atoms with E-state index in [2.05, 4.69) is 31.2 Å². The van der Waals surface area contributed by atoms with Crippen LogP contribution in [0.4, 0.5) is 4.79 Å². The zero-order valence-electron chi connectivity index (χ0n) is 22.6. The SMILES string of the molecule is C/C(=N\OC(=O)N(CCN)CC1CCCN1)[C@H]1CC[C@H]2[C@@H]3CCC4=CC(=O)CC[C@]4(C)[C@H]3CC[C@]12C. The number of nitrogens with zero attached hydrogens (tertiary/aromatic N) is 2. The monoisotopic (exact) mass is 498 g/mol. The number of carbonyl (C=O) groups excluding carboxylic acids is 2. The number of nitrogens with one attached hydrogen (secondary N) is 1. The minimum Gasteiger partial charge on any atom is -0.329 e. The third-order valence-corrected chi connectivity index (χ3v) is 11.0. The van der Waals surface area contributed by atoms with Crippen LogP contribution in [0.15, 0.2) is 16.8 Å². The molecule has 1 unspecified atom stereocenters.